The molecule has 1 aromatic carbocycles. The lowest BCUT2D eigenvalue weighted by Crippen LogP contribution is -2.17. The average molecular weight is 228 g/mol. The number of nitriles is 1. The van der Waals surface area contributed by atoms with Gasteiger partial charge in [-0.15, -0.1) is 0 Å². The molecule has 0 fully saturated rings. The van der Waals surface area contributed by atoms with Crippen LogP contribution < -0.4 is 0 Å². The van der Waals surface area contributed by atoms with Crippen molar-refractivity contribution in [1.82, 2.24) is 0 Å². The van der Waals surface area contributed by atoms with Gasteiger partial charge >= 0.3 is 0 Å². The van der Waals surface area contributed by atoms with Crippen LogP contribution in [0.4, 0.5) is 0 Å². The third kappa shape index (κ3) is 2.31. The van der Waals surface area contributed by atoms with Crippen molar-refractivity contribution in [2.75, 3.05) is 6.61 Å². The van der Waals surface area contributed by atoms with Gasteiger partial charge in [-0.1, -0.05) is 13.0 Å². The average Bonchev–Trinajstić information content (AvgIpc) is 2.68. The third-order valence-electron chi connectivity index (χ3n) is 2.82. The third-order valence-corrected chi connectivity index (χ3v) is 2.82. The van der Waals surface area contributed by atoms with Gasteiger partial charge < -0.3 is 4.74 Å². The first kappa shape index (κ1) is 11.7. The Hall–Kier alpha value is -1.82. The van der Waals surface area contributed by atoms with Crippen molar-refractivity contribution in [3.8, 4) is 6.07 Å². The Morgan fingerprint density at radius 2 is 2.24 bits per heavy atom. The molecular weight excluding hydrogens is 212 g/mol. The summed E-state index contributed by atoms with van der Waals surface area (Å²) < 4.78 is 5.64. The molecule has 1 aliphatic heterocycles. The highest BCUT2D eigenvalue weighted by atomic mass is 16.5. The largest absolute Gasteiger partial charge is 0.475 e. The van der Waals surface area contributed by atoms with Gasteiger partial charge in [0, 0.05) is 5.56 Å². The Labute approximate surface area is 102 Å². The van der Waals surface area contributed by atoms with Gasteiger partial charge in [0.15, 0.2) is 0 Å². The molecule has 1 aliphatic rings. The normalized spacial score (nSPS) is 17.2. The Kier molecular flexibility index (Phi) is 2.89. The number of aliphatic imine (C=N–C) groups is 1. The molecule has 3 nitrogen and oxygen atoms in total. The van der Waals surface area contributed by atoms with Crippen molar-refractivity contribution in [1.29, 1.82) is 5.26 Å². The van der Waals surface area contributed by atoms with Crippen LogP contribution in [0, 0.1) is 11.3 Å². The van der Waals surface area contributed by atoms with Crippen LogP contribution in [0.2, 0.25) is 0 Å². The highest BCUT2D eigenvalue weighted by Crippen LogP contribution is 2.23. The second-order valence-electron chi connectivity index (χ2n) is 4.86. The molecule has 0 radical (unpaired) electrons. The second-order valence-corrected chi connectivity index (χ2v) is 4.86. The molecule has 1 aromatic rings. The summed E-state index contributed by atoms with van der Waals surface area (Å²) in [4.78, 5) is 4.56. The van der Waals surface area contributed by atoms with Crippen LogP contribution in [-0.2, 0) is 11.2 Å². The Morgan fingerprint density at radius 1 is 1.47 bits per heavy atom. The van der Waals surface area contributed by atoms with Gasteiger partial charge in [-0.25, -0.2) is 4.99 Å². The van der Waals surface area contributed by atoms with Crippen LogP contribution in [0.15, 0.2) is 23.2 Å². The standard InChI is InChI=1S/C14H16N2O/c1-4-11-6-5-10(8-15)7-12(11)13-16-14(2,3)9-17-13/h5-7H,4,9H2,1-3H3. The topological polar surface area (TPSA) is 45.4 Å². The van der Waals surface area contributed by atoms with Crippen LogP contribution in [0.1, 0.15) is 37.5 Å². The van der Waals surface area contributed by atoms with Crippen LogP contribution in [0.25, 0.3) is 0 Å². The molecule has 0 spiro atoms. The number of nitrogens with zero attached hydrogens (tertiary/aromatic N) is 2. The molecular formula is C14H16N2O. The molecule has 1 heterocycles. The van der Waals surface area contributed by atoms with Crippen molar-refractivity contribution in [3.63, 3.8) is 0 Å². The molecule has 0 amide bonds. The van der Waals surface area contributed by atoms with Gasteiger partial charge in [-0.05, 0) is 38.0 Å². The monoisotopic (exact) mass is 228 g/mol. The zero-order chi connectivity index (χ0) is 12.5. The Balaban J connectivity index is 2.48. The zero-order valence-corrected chi connectivity index (χ0v) is 10.4. The molecule has 0 saturated carbocycles. The van der Waals surface area contributed by atoms with Crippen molar-refractivity contribution < 1.29 is 4.74 Å². The lowest BCUT2D eigenvalue weighted by atomic mass is 10.0. The van der Waals surface area contributed by atoms with Gasteiger partial charge in [0.25, 0.3) is 0 Å². The van der Waals surface area contributed by atoms with E-state index in [1.165, 1.54) is 5.56 Å². The fourth-order valence-corrected chi connectivity index (χ4v) is 1.88. The van der Waals surface area contributed by atoms with Crippen LogP contribution >= 0.6 is 0 Å². The minimum absolute atomic E-state index is 0.164. The van der Waals surface area contributed by atoms with E-state index < -0.39 is 0 Å². The highest BCUT2D eigenvalue weighted by molar-refractivity contribution is 5.97. The van der Waals surface area contributed by atoms with Crippen molar-refractivity contribution >= 4 is 5.90 Å². The molecule has 3 heteroatoms. The summed E-state index contributed by atoms with van der Waals surface area (Å²) in [7, 11) is 0. The van der Waals surface area contributed by atoms with E-state index in [9.17, 15) is 0 Å². The van der Waals surface area contributed by atoms with Crippen LogP contribution in [-0.4, -0.2) is 18.0 Å². The fraction of sp³-hybridized carbons (Fsp3) is 0.429. The van der Waals surface area contributed by atoms with Crippen molar-refractivity contribution in [2.24, 2.45) is 4.99 Å². The number of benzene rings is 1. The Morgan fingerprint density at radius 3 is 2.76 bits per heavy atom. The molecule has 0 unspecified atom stereocenters. The molecule has 0 bridgehead atoms. The molecule has 0 N–H and O–H groups in total. The number of hydrogen-bond acceptors (Lipinski definition) is 3. The van der Waals surface area contributed by atoms with E-state index in [1.807, 2.05) is 32.0 Å². The quantitative estimate of drug-likeness (QED) is 0.781. The first-order valence-corrected chi connectivity index (χ1v) is 5.82. The summed E-state index contributed by atoms with van der Waals surface area (Å²) in [6.07, 6.45) is 0.907. The predicted octanol–water partition coefficient (Wildman–Crippen LogP) is 2.68. The van der Waals surface area contributed by atoms with Gasteiger partial charge in [-0.2, -0.15) is 5.26 Å². The highest BCUT2D eigenvalue weighted by Gasteiger charge is 2.28. The summed E-state index contributed by atoms with van der Waals surface area (Å²) in [5.74, 6) is 0.670. The SMILES string of the molecule is CCc1ccc(C#N)cc1C1=NC(C)(C)CO1. The van der Waals surface area contributed by atoms with Crippen molar-refractivity contribution in [2.45, 2.75) is 32.7 Å². The molecule has 0 atom stereocenters. The van der Waals surface area contributed by atoms with E-state index in [4.69, 9.17) is 10.00 Å². The summed E-state index contributed by atoms with van der Waals surface area (Å²) >= 11 is 0. The van der Waals surface area contributed by atoms with Crippen molar-refractivity contribution in [3.05, 3.63) is 34.9 Å². The molecule has 0 aromatic heterocycles. The van der Waals surface area contributed by atoms with Crippen LogP contribution in [0.5, 0.6) is 0 Å². The maximum atomic E-state index is 8.94. The summed E-state index contributed by atoms with van der Waals surface area (Å²) in [6.45, 7) is 6.77. The summed E-state index contributed by atoms with van der Waals surface area (Å²) in [6, 6.07) is 7.83. The molecule has 0 saturated heterocycles. The maximum Gasteiger partial charge on any atom is 0.217 e. The van der Waals surface area contributed by atoms with E-state index >= 15 is 0 Å². The minimum atomic E-state index is -0.164. The van der Waals surface area contributed by atoms with E-state index in [2.05, 4.69) is 18.0 Å². The molecule has 0 aliphatic carbocycles. The summed E-state index contributed by atoms with van der Waals surface area (Å²) in [5.41, 5.74) is 2.61. The fourth-order valence-electron chi connectivity index (χ4n) is 1.88. The lowest BCUT2D eigenvalue weighted by molar-refractivity contribution is 0.279. The van der Waals surface area contributed by atoms with Crippen LogP contribution in [0.3, 0.4) is 0 Å². The predicted molar refractivity (Wildman–Crippen MR) is 67.1 cm³/mol. The molecule has 17 heavy (non-hydrogen) atoms. The van der Waals surface area contributed by atoms with E-state index in [-0.39, 0.29) is 5.54 Å². The van der Waals surface area contributed by atoms with Gasteiger partial charge in [0.2, 0.25) is 5.90 Å². The van der Waals surface area contributed by atoms with Gasteiger partial charge in [-0.3, -0.25) is 0 Å². The second kappa shape index (κ2) is 4.21. The van der Waals surface area contributed by atoms with Gasteiger partial charge in [0.1, 0.15) is 6.61 Å². The van der Waals surface area contributed by atoms with E-state index in [0.29, 0.717) is 18.1 Å². The first-order chi connectivity index (χ1) is 8.05. The van der Waals surface area contributed by atoms with E-state index in [0.717, 1.165) is 12.0 Å². The summed E-state index contributed by atoms with van der Waals surface area (Å²) in [5, 5.41) is 8.94. The minimum Gasteiger partial charge on any atom is -0.475 e. The maximum absolute atomic E-state index is 8.94. The van der Waals surface area contributed by atoms with Gasteiger partial charge in [0.05, 0.1) is 17.2 Å². The molecule has 2 rings (SSSR count). The zero-order valence-electron chi connectivity index (χ0n) is 10.4. The number of hydrogen-bond donors (Lipinski definition) is 0. The Bertz CT molecular complexity index is 509. The number of rotatable bonds is 2. The first-order valence-electron chi connectivity index (χ1n) is 5.82. The van der Waals surface area contributed by atoms with E-state index in [1.54, 1.807) is 0 Å². The number of aryl methyl sites for hydroxylation is 1. The lowest BCUT2D eigenvalue weighted by Gasteiger charge is -2.08. The molecule has 88 valence electrons. The number of ether oxygens (including phenoxy) is 1. The smallest absolute Gasteiger partial charge is 0.217 e.